The highest BCUT2D eigenvalue weighted by Crippen LogP contribution is 2.19. The van der Waals surface area contributed by atoms with Crippen LogP contribution >= 0.6 is 11.3 Å². The van der Waals surface area contributed by atoms with Crippen molar-refractivity contribution in [2.24, 2.45) is 0 Å². The third kappa shape index (κ3) is 3.66. The number of rotatable bonds is 4. The van der Waals surface area contributed by atoms with E-state index < -0.39 is 11.0 Å². The molecule has 1 unspecified atom stereocenters. The molecule has 0 spiro atoms. The van der Waals surface area contributed by atoms with Crippen molar-refractivity contribution in [2.45, 2.75) is 44.9 Å². The molecule has 1 rings (SSSR count). The van der Waals surface area contributed by atoms with Crippen molar-refractivity contribution in [1.82, 2.24) is 9.71 Å². The molecule has 0 aromatic carbocycles. The molecule has 0 fully saturated rings. The number of nitrogens with one attached hydrogen (secondary N) is 1. The SMILES string of the molecule is CC[C@H](NS(=O)C(C)(C)C)c1cscn1. The summed E-state index contributed by atoms with van der Waals surface area (Å²) in [6.07, 6.45) is 0.894. The smallest absolute Gasteiger partial charge is 0.0976 e. The van der Waals surface area contributed by atoms with Gasteiger partial charge in [-0.25, -0.2) is 13.9 Å². The van der Waals surface area contributed by atoms with Crippen LogP contribution in [0.25, 0.3) is 0 Å². The van der Waals surface area contributed by atoms with Gasteiger partial charge in [-0.2, -0.15) is 0 Å². The molecule has 0 aliphatic rings. The average molecular weight is 246 g/mol. The van der Waals surface area contributed by atoms with E-state index in [-0.39, 0.29) is 10.8 Å². The van der Waals surface area contributed by atoms with Gasteiger partial charge in [0.05, 0.1) is 33.0 Å². The Morgan fingerprint density at radius 3 is 2.67 bits per heavy atom. The summed E-state index contributed by atoms with van der Waals surface area (Å²) < 4.78 is 14.8. The van der Waals surface area contributed by atoms with E-state index in [4.69, 9.17) is 0 Å². The quantitative estimate of drug-likeness (QED) is 0.887. The van der Waals surface area contributed by atoms with Gasteiger partial charge >= 0.3 is 0 Å². The second-order valence-electron chi connectivity index (χ2n) is 4.37. The first-order valence-electron chi connectivity index (χ1n) is 5.01. The van der Waals surface area contributed by atoms with Crippen molar-refractivity contribution in [3.8, 4) is 0 Å². The fourth-order valence-electron chi connectivity index (χ4n) is 1.05. The molecule has 0 aliphatic heterocycles. The molecule has 5 heteroatoms. The maximum atomic E-state index is 11.9. The van der Waals surface area contributed by atoms with E-state index in [1.807, 2.05) is 26.2 Å². The Hall–Kier alpha value is -0.260. The summed E-state index contributed by atoms with van der Waals surface area (Å²) in [4.78, 5) is 4.24. The summed E-state index contributed by atoms with van der Waals surface area (Å²) in [6, 6.07) is 0.0938. The van der Waals surface area contributed by atoms with E-state index in [2.05, 4.69) is 16.6 Å². The molecule has 1 aromatic heterocycles. The zero-order chi connectivity index (χ0) is 11.5. The van der Waals surface area contributed by atoms with Crippen LogP contribution in [-0.2, 0) is 11.0 Å². The van der Waals surface area contributed by atoms with Crippen LogP contribution in [-0.4, -0.2) is 13.9 Å². The minimum atomic E-state index is -1.04. The summed E-state index contributed by atoms with van der Waals surface area (Å²) in [5, 5.41) is 2.00. The number of hydrogen-bond donors (Lipinski definition) is 1. The monoisotopic (exact) mass is 246 g/mol. The van der Waals surface area contributed by atoms with Gasteiger partial charge in [-0.15, -0.1) is 11.3 Å². The summed E-state index contributed by atoms with van der Waals surface area (Å²) >= 11 is 1.57. The highest BCUT2D eigenvalue weighted by Gasteiger charge is 2.23. The van der Waals surface area contributed by atoms with Gasteiger partial charge in [0.15, 0.2) is 0 Å². The summed E-state index contributed by atoms with van der Waals surface area (Å²) in [7, 11) is -1.04. The molecule has 86 valence electrons. The van der Waals surface area contributed by atoms with E-state index in [1.165, 1.54) is 0 Å². The molecule has 0 aliphatic carbocycles. The molecule has 0 radical (unpaired) electrons. The number of nitrogens with zero attached hydrogens (tertiary/aromatic N) is 1. The Kier molecular flexibility index (Phi) is 4.43. The molecule has 0 saturated carbocycles. The van der Waals surface area contributed by atoms with E-state index in [0.29, 0.717) is 0 Å². The maximum absolute atomic E-state index is 11.9. The topological polar surface area (TPSA) is 42.0 Å². The number of thiazole rings is 1. The van der Waals surface area contributed by atoms with Crippen LogP contribution in [0.4, 0.5) is 0 Å². The normalized spacial score (nSPS) is 16.3. The molecule has 1 heterocycles. The van der Waals surface area contributed by atoms with Gasteiger partial charge in [-0.1, -0.05) is 6.92 Å². The van der Waals surface area contributed by atoms with Crippen molar-refractivity contribution in [1.29, 1.82) is 0 Å². The van der Waals surface area contributed by atoms with Crippen molar-refractivity contribution >= 4 is 22.3 Å². The molecule has 0 amide bonds. The van der Waals surface area contributed by atoms with Crippen molar-refractivity contribution in [2.75, 3.05) is 0 Å². The maximum Gasteiger partial charge on any atom is 0.0976 e. The zero-order valence-corrected chi connectivity index (χ0v) is 11.2. The van der Waals surface area contributed by atoms with Crippen LogP contribution in [0.5, 0.6) is 0 Å². The van der Waals surface area contributed by atoms with Gasteiger partial charge < -0.3 is 0 Å². The van der Waals surface area contributed by atoms with E-state index in [1.54, 1.807) is 16.8 Å². The molecule has 3 nitrogen and oxygen atoms in total. The Morgan fingerprint density at radius 1 is 1.60 bits per heavy atom. The van der Waals surface area contributed by atoms with Crippen molar-refractivity contribution < 1.29 is 4.21 Å². The van der Waals surface area contributed by atoms with Crippen LogP contribution in [0.15, 0.2) is 10.9 Å². The lowest BCUT2D eigenvalue weighted by Gasteiger charge is -2.22. The largest absolute Gasteiger partial charge is 0.248 e. The fourth-order valence-corrected chi connectivity index (χ4v) is 2.56. The fraction of sp³-hybridized carbons (Fsp3) is 0.700. The van der Waals surface area contributed by atoms with Crippen LogP contribution in [0.1, 0.15) is 45.9 Å². The minimum Gasteiger partial charge on any atom is -0.248 e. The van der Waals surface area contributed by atoms with Crippen molar-refractivity contribution in [3.63, 3.8) is 0 Å². The lowest BCUT2D eigenvalue weighted by molar-refractivity contribution is 0.582. The lowest BCUT2D eigenvalue weighted by Crippen LogP contribution is -2.35. The van der Waals surface area contributed by atoms with Crippen LogP contribution in [0, 0.1) is 0 Å². The highest BCUT2D eigenvalue weighted by molar-refractivity contribution is 7.84. The molecular weight excluding hydrogens is 228 g/mol. The molecule has 0 saturated heterocycles. The van der Waals surface area contributed by atoms with Crippen LogP contribution < -0.4 is 4.72 Å². The van der Waals surface area contributed by atoms with Crippen LogP contribution in [0.3, 0.4) is 0 Å². The predicted molar refractivity (Wildman–Crippen MR) is 66.2 cm³/mol. The Balaban J connectivity index is 2.67. The van der Waals surface area contributed by atoms with Gasteiger partial charge in [-0.3, -0.25) is 0 Å². The van der Waals surface area contributed by atoms with Gasteiger partial charge in [0, 0.05) is 5.38 Å². The molecule has 0 bridgehead atoms. The second-order valence-corrected chi connectivity index (χ2v) is 7.09. The Labute approximate surface area is 97.9 Å². The highest BCUT2D eigenvalue weighted by atomic mass is 32.2. The standard InChI is InChI=1S/C10H18N2OS2/c1-5-8(9-6-14-7-11-9)12-15(13)10(2,3)4/h6-8,12H,5H2,1-4H3/t8-,15?/m0/s1. The van der Waals surface area contributed by atoms with Gasteiger partial charge in [0.2, 0.25) is 0 Å². The first kappa shape index (κ1) is 12.8. The molecular formula is C10H18N2OS2. The lowest BCUT2D eigenvalue weighted by atomic mass is 10.2. The number of hydrogen-bond acceptors (Lipinski definition) is 3. The second kappa shape index (κ2) is 5.18. The van der Waals surface area contributed by atoms with E-state index >= 15 is 0 Å². The van der Waals surface area contributed by atoms with E-state index in [9.17, 15) is 4.21 Å². The van der Waals surface area contributed by atoms with E-state index in [0.717, 1.165) is 12.1 Å². The minimum absolute atomic E-state index is 0.0938. The molecule has 2 atom stereocenters. The van der Waals surface area contributed by atoms with Crippen LogP contribution in [0.2, 0.25) is 0 Å². The summed E-state index contributed by atoms with van der Waals surface area (Å²) in [5.41, 5.74) is 2.79. The summed E-state index contributed by atoms with van der Waals surface area (Å²) in [5.74, 6) is 0. The molecule has 1 N–H and O–H groups in total. The zero-order valence-electron chi connectivity index (χ0n) is 9.61. The first-order chi connectivity index (χ1) is 6.95. The van der Waals surface area contributed by atoms with Gasteiger partial charge in [-0.05, 0) is 27.2 Å². The van der Waals surface area contributed by atoms with Crippen molar-refractivity contribution in [3.05, 3.63) is 16.6 Å². The summed E-state index contributed by atoms with van der Waals surface area (Å²) in [6.45, 7) is 7.95. The predicted octanol–water partition coefficient (Wildman–Crippen LogP) is 2.65. The average Bonchev–Trinajstić information content (AvgIpc) is 2.64. The van der Waals surface area contributed by atoms with Gasteiger partial charge in [0.1, 0.15) is 0 Å². The molecule has 1 aromatic rings. The molecule has 15 heavy (non-hydrogen) atoms. The Bertz CT molecular complexity index is 317. The first-order valence-corrected chi connectivity index (χ1v) is 7.10. The Morgan fingerprint density at radius 2 is 2.27 bits per heavy atom. The third-order valence-corrected chi connectivity index (χ3v) is 4.24. The van der Waals surface area contributed by atoms with Gasteiger partial charge in [0.25, 0.3) is 0 Å². The third-order valence-electron chi connectivity index (χ3n) is 2.02. The number of aromatic nitrogens is 1.